The van der Waals surface area contributed by atoms with E-state index >= 15 is 0 Å². The van der Waals surface area contributed by atoms with Crippen LogP contribution in [-0.2, 0) is 0 Å². The molecule has 3 aromatic heterocycles. The molecule has 170 valence electrons. The third-order valence-corrected chi connectivity index (χ3v) is 6.51. The summed E-state index contributed by atoms with van der Waals surface area (Å²) in [6.07, 6.45) is 8.74. The number of fused-ring (bicyclic) bond motifs is 3. The number of hydrogen-bond donors (Lipinski definition) is 1. The summed E-state index contributed by atoms with van der Waals surface area (Å²) in [5, 5.41) is 4.08. The Kier molecular flexibility index (Phi) is 5.15. The number of nitrogens with one attached hydrogen (secondary N) is 1. The molecule has 34 heavy (non-hydrogen) atoms. The van der Waals surface area contributed by atoms with Gasteiger partial charge in [0.1, 0.15) is 5.39 Å². The second-order valence-corrected chi connectivity index (χ2v) is 8.75. The van der Waals surface area contributed by atoms with Crippen LogP contribution in [0.5, 0.6) is 0 Å². The molecule has 0 bridgehead atoms. The number of piperidine rings is 1. The van der Waals surface area contributed by atoms with Crippen LogP contribution in [0.1, 0.15) is 19.3 Å². The van der Waals surface area contributed by atoms with E-state index in [1.54, 1.807) is 35.1 Å². The predicted molar refractivity (Wildman–Crippen MR) is 135 cm³/mol. The van der Waals surface area contributed by atoms with Crippen LogP contribution in [0.15, 0.2) is 71.9 Å². The lowest BCUT2D eigenvalue weighted by Gasteiger charge is -2.28. The highest BCUT2D eigenvalue weighted by molar-refractivity contribution is 6.32. The average molecular weight is 472 g/mol. The lowest BCUT2D eigenvalue weighted by molar-refractivity contribution is 0.578. The summed E-state index contributed by atoms with van der Waals surface area (Å²) in [5.74, 6) is 0.837. The van der Waals surface area contributed by atoms with Crippen molar-refractivity contribution >= 4 is 45.7 Å². The van der Waals surface area contributed by atoms with Crippen LogP contribution in [0.2, 0.25) is 5.02 Å². The van der Waals surface area contributed by atoms with E-state index in [9.17, 15) is 4.79 Å². The summed E-state index contributed by atoms with van der Waals surface area (Å²) < 4.78 is 3.26. The van der Waals surface area contributed by atoms with E-state index in [1.165, 1.54) is 29.5 Å². The lowest BCUT2D eigenvalue weighted by atomic mass is 10.1. The minimum Gasteiger partial charge on any atom is -0.372 e. The van der Waals surface area contributed by atoms with Crippen LogP contribution in [0, 0.1) is 0 Å². The van der Waals surface area contributed by atoms with Gasteiger partial charge in [-0.15, -0.1) is 0 Å². The van der Waals surface area contributed by atoms with E-state index in [0.29, 0.717) is 33.5 Å². The second-order valence-electron chi connectivity index (χ2n) is 8.34. The zero-order chi connectivity index (χ0) is 23.1. The molecule has 0 spiro atoms. The van der Waals surface area contributed by atoms with Crippen molar-refractivity contribution in [2.24, 2.45) is 0 Å². The topological polar surface area (TPSA) is 80.3 Å². The van der Waals surface area contributed by atoms with Gasteiger partial charge in [0.25, 0.3) is 5.56 Å². The van der Waals surface area contributed by atoms with Crippen molar-refractivity contribution in [2.75, 3.05) is 23.3 Å². The normalized spacial score (nSPS) is 14.1. The van der Waals surface area contributed by atoms with Gasteiger partial charge in [-0.25, -0.2) is 14.5 Å². The Balaban J connectivity index is 1.38. The molecule has 1 aliphatic heterocycles. The smallest absolute Gasteiger partial charge is 0.270 e. The lowest BCUT2D eigenvalue weighted by Crippen LogP contribution is -2.29. The van der Waals surface area contributed by atoms with Gasteiger partial charge < -0.3 is 10.2 Å². The molecule has 1 aliphatic rings. The molecule has 0 atom stereocenters. The van der Waals surface area contributed by atoms with E-state index in [-0.39, 0.29) is 5.56 Å². The Bertz CT molecular complexity index is 1550. The summed E-state index contributed by atoms with van der Waals surface area (Å²) in [5.41, 5.74) is 2.86. The van der Waals surface area contributed by atoms with Gasteiger partial charge in [-0.05, 0) is 55.7 Å². The fraction of sp³-hybridized carbons (Fsp3) is 0.200. The number of para-hydroxylation sites is 1. The van der Waals surface area contributed by atoms with Gasteiger partial charge >= 0.3 is 0 Å². The minimum atomic E-state index is -0.278. The number of anilines is 3. The number of aromatic nitrogens is 5. The highest BCUT2D eigenvalue weighted by Crippen LogP contribution is 2.24. The maximum Gasteiger partial charge on any atom is 0.270 e. The fourth-order valence-electron chi connectivity index (χ4n) is 4.49. The molecule has 5 aromatic rings. The first-order chi connectivity index (χ1) is 16.7. The van der Waals surface area contributed by atoms with Gasteiger partial charge in [0, 0.05) is 43.1 Å². The number of imidazole rings is 1. The number of benzene rings is 2. The monoisotopic (exact) mass is 471 g/mol. The molecule has 1 N–H and O–H groups in total. The van der Waals surface area contributed by atoms with Gasteiger partial charge in [0.05, 0.1) is 10.7 Å². The molecule has 8 nitrogen and oxygen atoms in total. The minimum absolute atomic E-state index is 0.278. The highest BCUT2D eigenvalue weighted by atomic mass is 35.5. The van der Waals surface area contributed by atoms with Gasteiger partial charge in [-0.3, -0.25) is 9.20 Å². The first-order valence-corrected chi connectivity index (χ1v) is 11.7. The van der Waals surface area contributed by atoms with Crippen LogP contribution >= 0.6 is 11.6 Å². The molecular formula is C25H22ClN7O. The zero-order valence-electron chi connectivity index (χ0n) is 18.4. The molecule has 1 fully saturated rings. The third kappa shape index (κ3) is 3.56. The predicted octanol–water partition coefficient (Wildman–Crippen LogP) is 4.82. The van der Waals surface area contributed by atoms with Crippen LogP contribution in [-0.4, -0.2) is 37.0 Å². The van der Waals surface area contributed by atoms with E-state index in [4.69, 9.17) is 11.6 Å². The molecular weight excluding hydrogens is 450 g/mol. The van der Waals surface area contributed by atoms with E-state index in [2.05, 4.69) is 37.3 Å². The summed E-state index contributed by atoms with van der Waals surface area (Å²) in [4.78, 5) is 29.3. The van der Waals surface area contributed by atoms with Crippen LogP contribution in [0.3, 0.4) is 0 Å². The highest BCUT2D eigenvalue weighted by Gasteiger charge is 2.17. The average Bonchev–Trinajstić information content (AvgIpc) is 3.36. The van der Waals surface area contributed by atoms with Crippen molar-refractivity contribution in [2.45, 2.75) is 19.3 Å². The molecule has 0 unspecified atom stereocenters. The Morgan fingerprint density at radius 3 is 2.53 bits per heavy atom. The first-order valence-electron chi connectivity index (χ1n) is 11.3. The van der Waals surface area contributed by atoms with E-state index in [0.717, 1.165) is 18.8 Å². The Morgan fingerprint density at radius 2 is 1.74 bits per heavy atom. The fourth-order valence-corrected chi connectivity index (χ4v) is 4.71. The van der Waals surface area contributed by atoms with Crippen molar-refractivity contribution in [3.63, 3.8) is 0 Å². The van der Waals surface area contributed by atoms with Crippen molar-refractivity contribution in [1.29, 1.82) is 0 Å². The summed E-state index contributed by atoms with van der Waals surface area (Å²) in [6.45, 7) is 2.21. The van der Waals surface area contributed by atoms with Gasteiger partial charge in [-0.1, -0.05) is 23.7 Å². The van der Waals surface area contributed by atoms with Crippen molar-refractivity contribution in [3.05, 3.63) is 82.5 Å². The Labute approximate surface area is 200 Å². The largest absolute Gasteiger partial charge is 0.372 e. The maximum atomic E-state index is 13.4. The van der Waals surface area contributed by atoms with Gasteiger partial charge in [-0.2, -0.15) is 4.98 Å². The van der Waals surface area contributed by atoms with Gasteiger partial charge in [0.2, 0.25) is 11.7 Å². The molecule has 0 amide bonds. The molecule has 0 saturated carbocycles. The number of nitrogens with zero attached hydrogens (tertiary/aromatic N) is 6. The molecule has 2 aromatic carbocycles. The second kappa shape index (κ2) is 8.46. The first kappa shape index (κ1) is 20.7. The maximum absolute atomic E-state index is 13.4. The summed E-state index contributed by atoms with van der Waals surface area (Å²) >= 11 is 6.38. The van der Waals surface area contributed by atoms with Crippen molar-refractivity contribution in [3.8, 4) is 5.69 Å². The number of rotatable bonds is 4. The molecule has 4 heterocycles. The zero-order valence-corrected chi connectivity index (χ0v) is 19.1. The van der Waals surface area contributed by atoms with Crippen LogP contribution in [0.25, 0.3) is 22.5 Å². The Hall–Kier alpha value is -3.91. The molecule has 9 heteroatoms. The van der Waals surface area contributed by atoms with Crippen LogP contribution in [0.4, 0.5) is 17.3 Å². The molecule has 0 aliphatic carbocycles. The van der Waals surface area contributed by atoms with Crippen molar-refractivity contribution < 1.29 is 0 Å². The summed E-state index contributed by atoms with van der Waals surface area (Å²) in [6, 6.07) is 15.5. The SMILES string of the molecule is O=c1c2cnc(Nc3ccc(N4CCCCC4)cc3)nc2n2ccnc2n1-c1ccccc1Cl. The third-order valence-electron chi connectivity index (χ3n) is 6.19. The van der Waals surface area contributed by atoms with Gasteiger partial charge in [0.15, 0.2) is 5.65 Å². The van der Waals surface area contributed by atoms with E-state index < -0.39 is 0 Å². The Morgan fingerprint density at radius 1 is 0.941 bits per heavy atom. The standard InChI is InChI=1S/C25H22ClN7O/c26-20-6-2-3-7-21(20)33-23(34)19-16-28-24(30-22(19)32-15-12-27-25(32)33)29-17-8-10-18(11-9-17)31-13-4-1-5-14-31/h2-3,6-12,15-16H,1,4-5,13-14H2,(H,28,29,30). The summed E-state index contributed by atoms with van der Waals surface area (Å²) in [7, 11) is 0. The molecule has 0 radical (unpaired) electrons. The number of halogens is 1. The van der Waals surface area contributed by atoms with Crippen LogP contribution < -0.4 is 15.8 Å². The molecule has 1 saturated heterocycles. The molecule has 6 rings (SSSR count). The van der Waals surface area contributed by atoms with Crippen molar-refractivity contribution in [1.82, 2.24) is 23.9 Å². The van der Waals surface area contributed by atoms with E-state index in [1.807, 2.05) is 24.3 Å². The number of hydrogen-bond acceptors (Lipinski definition) is 6. The quantitative estimate of drug-likeness (QED) is 0.405.